The fourth-order valence-electron chi connectivity index (χ4n) is 2.14. The van der Waals surface area contributed by atoms with Crippen LogP contribution in [-0.2, 0) is 6.42 Å². The van der Waals surface area contributed by atoms with Crippen molar-refractivity contribution in [2.45, 2.75) is 19.4 Å². The smallest absolute Gasteiger partial charge is 0.142 e. The zero-order valence-corrected chi connectivity index (χ0v) is 11.7. The summed E-state index contributed by atoms with van der Waals surface area (Å²) in [5, 5.41) is 0.0765. The first-order valence-electron chi connectivity index (χ1n) is 6.16. The molecule has 2 aromatic carbocycles. The van der Waals surface area contributed by atoms with Gasteiger partial charge in [0.15, 0.2) is 0 Å². The van der Waals surface area contributed by atoms with E-state index in [0.717, 1.165) is 16.7 Å². The van der Waals surface area contributed by atoms with Crippen molar-refractivity contribution in [1.82, 2.24) is 5.43 Å². The quantitative estimate of drug-likeness (QED) is 0.667. The van der Waals surface area contributed by atoms with Gasteiger partial charge in [-0.2, -0.15) is 0 Å². The van der Waals surface area contributed by atoms with Crippen LogP contribution in [0.5, 0.6) is 0 Å². The standard InChI is InChI=1S/C15H15ClF2N2/c1-9-4-11(8-12(17)5-9)15(20-19)7-10-2-3-13(16)14(18)6-10/h2-6,8,15,20H,7,19H2,1H3. The Kier molecular flexibility index (Phi) is 4.70. The minimum absolute atomic E-state index is 0.0765. The van der Waals surface area contributed by atoms with Crippen molar-refractivity contribution in [3.63, 3.8) is 0 Å². The van der Waals surface area contributed by atoms with E-state index in [1.54, 1.807) is 6.07 Å². The van der Waals surface area contributed by atoms with E-state index in [2.05, 4.69) is 5.43 Å². The molecule has 0 aromatic heterocycles. The maximum absolute atomic E-state index is 13.4. The highest BCUT2D eigenvalue weighted by Gasteiger charge is 2.13. The number of hydrazine groups is 1. The number of nitrogens with one attached hydrogen (secondary N) is 1. The predicted molar refractivity (Wildman–Crippen MR) is 76.3 cm³/mol. The number of aryl methyl sites for hydroxylation is 1. The zero-order valence-electron chi connectivity index (χ0n) is 11.0. The van der Waals surface area contributed by atoms with Crippen LogP contribution in [0, 0.1) is 18.6 Å². The molecule has 0 aliphatic heterocycles. The van der Waals surface area contributed by atoms with Crippen molar-refractivity contribution < 1.29 is 8.78 Å². The summed E-state index contributed by atoms with van der Waals surface area (Å²) in [4.78, 5) is 0. The first kappa shape index (κ1) is 14.9. The molecule has 0 amide bonds. The maximum Gasteiger partial charge on any atom is 0.142 e. The Morgan fingerprint density at radius 1 is 1.20 bits per heavy atom. The van der Waals surface area contributed by atoms with Crippen LogP contribution in [-0.4, -0.2) is 0 Å². The lowest BCUT2D eigenvalue weighted by molar-refractivity contribution is 0.541. The molecule has 0 spiro atoms. The molecule has 0 aliphatic rings. The average Bonchev–Trinajstić information content (AvgIpc) is 2.38. The first-order valence-corrected chi connectivity index (χ1v) is 6.54. The Morgan fingerprint density at radius 3 is 2.55 bits per heavy atom. The number of hydrogen-bond acceptors (Lipinski definition) is 2. The molecule has 0 radical (unpaired) electrons. The van der Waals surface area contributed by atoms with Crippen molar-refractivity contribution in [2.75, 3.05) is 0 Å². The lowest BCUT2D eigenvalue weighted by Crippen LogP contribution is -2.29. The molecule has 1 atom stereocenters. The van der Waals surface area contributed by atoms with Crippen molar-refractivity contribution in [1.29, 1.82) is 0 Å². The maximum atomic E-state index is 13.4. The van der Waals surface area contributed by atoms with Crippen LogP contribution in [0.2, 0.25) is 5.02 Å². The van der Waals surface area contributed by atoms with E-state index < -0.39 is 5.82 Å². The van der Waals surface area contributed by atoms with Gasteiger partial charge in [-0.05, 0) is 54.3 Å². The summed E-state index contributed by atoms with van der Waals surface area (Å²) in [6.45, 7) is 1.81. The van der Waals surface area contributed by atoms with Crippen molar-refractivity contribution in [3.8, 4) is 0 Å². The molecule has 1 unspecified atom stereocenters. The number of hydrogen-bond donors (Lipinski definition) is 2. The Bertz CT molecular complexity index is 597. The van der Waals surface area contributed by atoms with Crippen molar-refractivity contribution in [3.05, 3.63) is 69.7 Å². The van der Waals surface area contributed by atoms with E-state index in [-0.39, 0.29) is 16.9 Å². The number of rotatable bonds is 4. The molecule has 2 nitrogen and oxygen atoms in total. The van der Waals surface area contributed by atoms with Gasteiger partial charge in [0.2, 0.25) is 0 Å². The third kappa shape index (κ3) is 3.54. The van der Waals surface area contributed by atoms with E-state index in [1.165, 1.54) is 24.3 Å². The normalized spacial score (nSPS) is 12.4. The molecule has 0 saturated carbocycles. The molecule has 0 heterocycles. The third-order valence-corrected chi connectivity index (χ3v) is 3.40. The Labute approximate surface area is 121 Å². The van der Waals surface area contributed by atoms with Crippen molar-refractivity contribution in [2.24, 2.45) is 5.84 Å². The molecular weight excluding hydrogens is 282 g/mol. The Hall–Kier alpha value is -1.49. The molecule has 0 aliphatic carbocycles. The predicted octanol–water partition coefficient (Wildman–Crippen LogP) is 3.67. The molecule has 2 aromatic rings. The lowest BCUT2D eigenvalue weighted by atomic mass is 9.98. The van der Waals surface area contributed by atoms with Gasteiger partial charge in [0.05, 0.1) is 11.1 Å². The summed E-state index contributed by atoms with van der Waals surface area (Å²) < 4.78 is 26.9. The minimum Gasteiger partial charge on any atom is -0.271 e. The SMILES string of the molecule is Cc1cc(F)cc(C(Cc2ccc(Cl)c(F)c2)NN)c1. The van der Waals surface area contributed by atoms with Crippen LogP contribution in [0.15, 0.2) is 36.4 Å². The van der Waals surface area contributed by atoms with Crippen LogP contribution in [0.1, 0.15) is 22.7 Å². The molecular formula is C15H15ClF2N2. The Morgan fingerprint density at radius 2 is 1.95 bits per heavy atom. The minimum atomic E-state index is -0.477. The van der Waals surface area contributed by atoms with Gasteiger partial charge in [0, 0.05) is 0 Å². The van der Waals surface area contributed by atoms with Crippen LogP contribution in [0.3, 0.4) is 0 Å². The lowest BCUT2D eigenvalue weighted by Gasteiger charge is -2.17. The first-order chi connectivity index (χ1) is 9.49. The second kappa shape index (κ2) is 6.31. The monoisotopic (exact) mass is 296 g/mol. The summed E-state index contributed by atoms with van der Waals surface area (Å²) in [5.41, 5.74) is 4.90. The van der Waals surface area contributed by atoms with E-state index >= 15 is 0 Å². The van der Waals surface area contributed by atoms with Crippen LogP contribution in [0.4, 0.5) is 8.78 Å². The average molecular weight is 297 g/mol. The molecule has 0 saturated heterocycles. The van der Waals surface area contributed by atoms with Gasteiger partial charge in [0.25, 0.3) is 0 Å². The third-order valence-electron chi connectivity index (χ3n) is 3.09. The molecule has 0 bridgehead atoms. The number of nitrogens with two attached hydrogens (primary N) is 1. The second-order valence-electron chi connectivity index (χ2n) is 4.73. The van der Waals surface area contributed by atoms with Gasteiger partial charge in [-0.25, -0.2) is 8.78 Å². The molecule has 5 heteroatoms. The van der Waals surface area contributed by atoms with Gasteiger partial charge in [-0.15, -0.1) is 0 Å². The van der Waals surface area contributed by atoms with E-state index in [4.69, 9.17) is 17.4 Å². The summed E-state index contributed by atoms with van der Waals surface area (Å²) >= 11 is 5.64. The number of benzene rings is 2. The van der Waals surface area contributed by atoms with E-state index in [9.17, 15) is 8.78 Å². The van der Waals surface area contributed by atoms with Crippen LogP contribution < -0.4 is 11.3 Å². The molecule has 106 valence electrons. The highest BCUT2D eigenvalue weighted by molar-refractivity contribution is 6.30. The second-order valence-corrected chi connectivity index (χ2v) is 5.14. The fraction of sp³-hybridized carbons (Fsp3) is 0.200. The van der Waals surface area contributed by atoms with Gasteiger partial charge >= 0.3 is 0 Å². The number of halogens is 3. The highest BCUT2D eigenvalue weighted by Crippen LogP contribution is 2.22. The van der Waals surface area contributed by atoms with E-state index in [0.29, 0.717) is 6.42 Å². The molecule has 2 rings (SSSR count). The van der Waals surface area contributed by atoms with Crippen LogP contribution in [0.25, 0.3) is 0 Å². The molecule has 20 heavy (non-hydrogen) atoms. The molecule has 3 N–H and O–H groups in total. The van der Waals surface area contributed by atoms with Gasteiger partial charge in [0.1, 0.15) is 11.6 Å². The summed E-state index contributed by atoms with van der Waals surface area (Å²) in [7, 11) is 0. The van der Waals surface area contributed by atoms with Crippen molar-refractivity contribution >= 4 is 11.6 Å². The zero-order chi connectivity index (χ0) is 14.7. The summed E-state index contributed by atoms with van der Waals surface area (Å²) in [5.74, 6) is 4.73. The van der Waals surface area contributed by atoms with Crippen LogP contribution >= 0.6 is 11.6 Å². The largest absolute Gasteiger partial charge is 0.271 e. The fourth-order valence-corrected chi connectivity index (χ4v) is 2.26. The highest BCUT2D eigenvalue weighted by atomic mass is 35.5. The van der Waals surface area contributed by atoms with Gasteiger partial charge in [-0.1, -0.05) is 23.7 Å². The van der Waals surface area contributed by atoms with E-state index in [1.807, 2.05) is 13.0 Å². The Balaban J connectivity index is 2.26. The van der Waals surface area contributed by atoms with Gasteiger partial charge in [-0.3, -0.25) is 11.3 Å². The summed E-state index contributed by atoms with van der Waals surface area (Å²) in [6, 6.07) is 8.99. The molecule has 0 fully saturated rings. The van der Waals surface area contributed by atoms with Gasteiger partial charge < -0.3 is 0 Å². The topological polar surface area (TPSA) is 38.0 Å². The summed E-state index contributed by atoms with van der Waals surface area (Å²) in [6.07, 6.45) is 0.438.